The molecule has 0 fully saturated rings. The third-order valence-electron chi connectivity index (χ3n) is 4.44. The number of hydrogen-bond donors (Lipinski definition) is 1. The van der Waals surface area contributed by atoms with Crippen LogP contribution < -0.4 is 5.32 Å². The van der Waals surface area contributed by atoms with Gasteiger partial charge in [-0.05, 0) is 54.5 Å². The Balaban J connectivity index is 1.51. The number of amides is 1. The summed E-state index contributed by atoms with van der Waals surface area (Å²) in [6.45, 7) is 1.61. The van der Waals surface area contributed by atoms with E-state index in [2.05, 4.69) is 52.7 Å². The average Bonchev–Trinajstić information content (AvgIpc) is 3.29. The van der Waals surface area contributed by atoms with Gasteiger partial charge in [0.15, 0.2) is 0 Å². The molecule has 0 radical (unpaired) electrons. The first kappa shape index (κ1) is 17.7. The van der Waals surface area contributed by atoms with Crippen molar-refractivity contribution in [3.63, 3.8) is 0 Å². The smallest absolute Gasteiger partial charge is 0.243 e. The lowest BCUT2D eigenvalue weighted by molar-refractivity contribution is -0.124. The predicted octanol–water partition coefficient (Wildman–Crippen LogP) is 3.94. The quantitative estimate of drug-likeness (QED) is 0.591. The molecule has 1 aromatic carbocycles. The Morgan fingerprint density at radius 3 is 2.72 bits per heavy atom. The van der Waals surface area contributed by atoms with Crippen LogP contribution in [0.25, 0.3) is 10.9 Å². The van der Waals surface area contributed by atoms with Crippen LogP contribution in [0.15, 0.2) is 61.1 Å². The fraction of sp³-hybridized carbons (Fsp3) is 0.350. The molecule has 0 aliphatic carbocycles. The summed E-state index contributed by atoms with van der Waals surface area (Å²) >= 11 is 1.78. The van der Waals surface area contributed by atoms with Gasteiger partial charge in [0.05, 0.1) is 0 Å². The molecular weight excluding hydrogens is 330 g/mol. The summed E-state index contributed by atoms with van der Waals surface area (Å²) in [4.78, 5) is 12.6. The zero-order valence-electron chi connectivity index (χ0n) is 14.6. The molecule has 5 heteroatoms. The van der Waals surface area contributed by atoms with E-state index in [1.165, 1.54) is 10.9 Å². The van der Waals surface area contributed by atoms with Gasteiger partial charge in [0.1, 0.15) is 6.04 Å². The van der Waals surface area contributed by atoms with E-state index >= 15 is 0 Å². The Hall–Kier alpha value is -2.14. The zero-order chi connectivity index (χ0) is 17.5. The number of hydrogen-bond acceptors (Lipinski definition) is 2. The molecule has 2 aromatic heterocycles. The molecular formula is C20H25N3OS. The lowest BCUT2D eigenvalue weighted by Gasteiger charge is -2.18. The van der Waals surface area contributed by atoms with Crippen molar-refractivity contribution in [2.24, 2.45) is 0 Å². The molecule has 1 N–H and O–H groups in total. The van der Waals surface area contributed by atoms with Gasteiger partial charge in [-0.25, -0.2) is 0 Å². The molecule has 0 bridgehead atoms. The molecule has 0 saturated carbocycles. The van der Waals surface area contributed by atoms with Crippen LogP contribution in [0.3, 0.4) is 0 Å². The molecule has 3 rings (SSSR count). The summed E-state index contributed by atoms with van der Waals surface area (Å²) in [5.74, 6) is 1.09. The van der Waals surface area contributed by atoms with Gasteiger partial charge in [0.25, 0.3) is 0 Å². The second-order valence-corrected chi connectivity index (χ2v) is 7.13. The van der Waals surface area contributed by atoms with E-state index in [1.54, 1.807) is 11.8 Å². The Morgan fingerprint density at radius 1 is 1.12 bits per heavy atom. The van der Waals surface area contributed by atoms with E-state index in [4.69, 9.17) is 0 Å². The summed E-state index contributed by atoms with van der Waals surface area (Å²) in [5.41, 5.74) is 1.25. The third kappa shape index (κ3) is 4.48. The maximum atomic E-state index is 12.6. The number of para-hydroxylation sites is 1. The molecule has 0 aliphatic heterocycles. The standard InChI is InChI=1S/C20H25N3OS/c1-25-16-10-19(22-12-4-5-13-22)20(24)21-11-6-14-23-15-9-17-7-2-3-8-18(17)23/h2-5,7-9,12-13,15,19H,6,10-11,14,16H2,1H3,(H,21,24)/t19-/m0/s1. The van der Waals surface area contributed by atoms with Crippen molar-refractivity contribution >= 4 is 28.6 Å². The van der Waals surface area contributed by atoms with Gasteiger partial charge in [-0.15, -0.1) is 0 Å². The average molecular weight is 356 g/mol. The summed E-state index contributed by atoms with van der Waals surface area (Å²) in [6.07, 6.45) is 9.90. The number of benzene rings is 1. The summed E-state index contributed by atoms with van der Waals surface area (Å²) < 4.78 is 4.25. The number of carbonyl (C=O) groups is 1. The fourth-order valence-electron chi connectivity index (χ4n) is 3.12. The van der Waals surface area contributed by atoms with E-state index in [0.717, 1.165) is 25.1 Å². The normalized spacial score (nSPS) is 12.4. The Morgan fingerprint density at radius 2 is 1.92 bits per heavy atom. The number of thioether (sulfide) groups is 1. The number of carbonyl (C=O) groups excluding carboxylic acids is 1. The summed E-state index contributed by atoms with van der Waals surface area (Å²) in [5, 5.41) is 4.37. The first-order chi connectivity index (χ1) is 12.3. The molecule has 0 aliphatic rings. The van der Waals surface area contributed by atoms with Crippen LogP contribution in [0.5, 0.6) is 0 Å². The van der Waals surface area contributed by atoms with Gasteiger partial charge in [0.2, 0.25) is 5.91 Å². The summed E-state index contributed by atoms with van der Waals surface area (Å²) in [7, 11) is 0. The molecule has 132 valence electrons. The number of nitrogens with one attached hydrogen (secondary N) is 1. The van der Waals surface area contributed by atoms with E-state index < -0.39 is 0 Å². The lowest BCUT2D eigenvalue weighted by atomic mass is 10.2. The van der Waals surface area contributed by atoms with E-state index in [0.29, 0.717) is 6.54 Å². The monoisotopic (exact) mass is 355 g/mol. The van der Waals surface area contributed by atoms with Crippen molar-refractivity contribution in [3.05, 3.63) is 61.1 Å². The minimum atomic E-state index is -0.116. The molecule has 1 amide bonds. The Labute approximate surface area is 153 Å². The molecule has 0 saturated heterocycles. The van der Waals surface area contributed by atoms with Crippen LogP contribution in [0.4, 0.5) is 0 Å². The van der Waals surface area contributed by atoms with Crippen LogP contribution in [-0.2, 0) is 11.3 Å². The van der Waals surface area contributed by atoms with Gasteiger partial charge in [0, 0.05) is 37.2 Å². The first-order valence-corrected chi connectivity index (χ1v) is 10.1. The van der Waals surface area contributed by atoms with Crippen molar-refractivity contribution in [2.45, 2.75) is 25.4 Å². The molecule has 25 heavy (non-hydrogen) atoms. The van der Waals surface area contributed by atoms with E-state index in [-0.39, 0.29) is 11.9 Å². The van der Waals surface area contributed by atoms with Gasteiger partial charge >= 0.3 is 0 Å². The van der Waals surface area contributed by atoms with Crippen LogP contribution >= 0.6 is 11.8 Å². The van der Waals surface area contributed by atoms with Gasteiger partial charge < -0.3 is 14.5 Å². The Kier molecular flexibility index (Phi) is 6.23. The molecule has 2 heterocycles. The Bertz CT molecular complexity index is 794. The van der Waals surface area contributed by atoms with Crippen molar-refractivity contribution in [1.29, 1.82) is 0 Å². The highest BCUT2D eigenvalue weighted by molar-refractivity contribution is 7.98. The van der Waals surface area contributed by atoms with Crippen molar-refractivity contribution < 1.29 is 4.79 Å². The van der Waals surface area contributed by atoms with Crippen molar-refractivity contribution in [1.82, 2.24) is 14.5 Å². The second-order valence-electron chi connectivity index (χ2n) is 6.14. The van der Waals surface area contributed by atoms with Crippen LogP contribution in [0, 0.1) is 0 Å². The third-order valence-corrected chi connectivity index (χ3v) is 5.08. The summed E-state index contributed by atoms with van der Waals surface area (Å²) in [6, 6.07) is 14.3. The number of fused-ring (bicyclic) bond motifs is 1. The predicted molar refractivity (Wildman–Crippen MR) is 106 cm³/mol. The number of rotatable bonds is 9. The highest BCUT2D eigenvalue weighted by atomic mass is 32.2. The van der Waals surface area contributed by atoms with Gasteiger partial charge in [-0.1, -0.05) is 18.2 Å². The molecule has 3 aromatic rings. The van der Waals surface area contributed by atoms with E-state index in [1.807, 2.05) is 29.1 Å². The van der Waals surface area contributed by atoms with Gasteiger partial charge in [-0.2, -0.15) is 11.8 Å². The first-order valence-electron chi connectivity index (χ1n) is 8.72. The number of aromatic nitrogens is 2. The van der Waals surface area contributed by atoms with Crippen LogP contribution in [-0.4, -0.2) is 33.6 Å². The topological polar surface area (TPSA) is 39.0 Å². The minimum absolute atomic E-state index is 0.114. The maximum Gasteiger partial charge on any atom is 0.243 e. The minimum Gasteiger partial charge on any atom is -0.354 e. The highest BCUT2D eigenvalue weighted by Crippen LogP contribution is 2.16. The zero-order valence-corrected chi connectivity index (χ0v) is 15.4. The maximum absolute atomic E-state index is 12.6. The molecule has 1 atom stereocenters. The largest absolute Gasteiger partial charge is 0.354 e. The highest BCUT2D eigenvalue weighted by Gasteiger charge is 2.18. The molecule has 0 unspecified atom stereocenters. The second kappa shape index (κ2) is 8.81. The molecule has 4 nitrogen and oxygen atoms in total. The van der Waals surface area contributed by atoms with Crippen LogP contribution in [0.2, 0.25) is 0 Å². The van der Waals surface area contributed by atoms with Gasteiger partial charge in [-0.3, -0.25) is 4.79 Å². The van der Waals surface area contributed by atoms with Crippen molar-refractivity contribution in [2.75, 3.05) is 18.6 Å². The number of aryl methyl sites for hydroxylation is 1. The molecule has 0 spiro atoms. The fourth-order valence-corrected chi connectivity index (χ4v) is 3.57. The van der Waals surface area contributed by atoms with E-state index in [9.17, 15) is 4.79 Å². The lowest BCUT2D eigenvalue weighted by Crippen LogP contribution is -2.33. The SMILES string of the molecule is CSCC[C@@H](C(=O)NCCCn1ccc2ccccc21)n1cccc1. The van der Waals surface area contributed by atoms with Crippen LogP contribution in [0.1, 0.15) is 18.9 Å². The number of nitrogens with zero attached hydrogens (tertiary/aromatic N) is 2. The van der Waals surface area contributed by atoms with Crippen molar-refractivity contribution in [3.8, 4) is 0 Å².